The van der Waals surface area contributed by atoms with Gasteiger partial charge in [-0.15, -0.1) is 11.3 Å². The predicted molar refractivity (Wildman–Crippen MR) is 74.0 cm³/mol. The van der Waals surface area contributed by atoms with Gasteiger partial charge in [-0.25, -0.2) is 4.98 Å². The van der Waals surface area contributed by atoms with E-state index in [-0.39, 0.29) is 5.75 Å². The third kappa shape index (κ3) is 3.32. The minimum absolute atomic E-state index is 0.165. The molecule has 0 amide bonds. The number of benzene rings is 1. The molecule has 0 atom stereocenters. The molecule has 1 heterocycles. The standard InChI is InChI=1S/C14H14F2N2OS/c15-14(16)19-12-4-2-1-3-11(12)13-18-10(8-20-13)7-17-9-5-6-9/h1-4,8-9,14,17H,5-7H2. The van der Waals surface area contributed by atoms with Gasteiger partial charge >= 0.3 is 6.61 Å². The summed E-state index contributed by atoms with van der Waals surface area (Å²) in [5.41, 5.74) is 1.54. The van der Waals surface area contributed by atoms with E-state index >= 15 is 0 Å². The number of nitrogens with zero attached hydrogens (tertiary/aromatic N) is 1. The van der Waals surface area contributed by atoms with Crippen LogP contribution in [0.15, 0.2) is 29.6 Å². The maximum atomic E-state index is 12.4. The Kier molecular flexibility index (Phi) is 3.93. The number of nitrogens with one attached hydrogen (secondary N) is 1. The van der Waals surface area contributed by atoms with Gasteiger partial charge < -0.3 is 10.1 Å². The fraction of sp³-hybridized carbons (Fsp3) is 0.357. The topological polar surface area (TPSA) is 34.1 Å². The summed E-state index contributed by atoms with van der Waals surface area (Å²) in [6.07, 6.45) is 2.45. The van der Waals surface area contributed by atoms with Crippen molar-refractivity contribution in [2.24, 2.45) is 0 Å². The zero-order chi connectivity index (χ0) is 13.9. The van der Waals surface area contributed by atoms with Crippen LogP contribution in [0.3, 0.4) is 0 Å². The first-order valence-corrected chi connectivity index (χ1v) is 7.32. The molecule has 0 radical (unpaired) electrons. The van der Waals surface area contributed by atoms with E-state index in [1.165, 1.54) is 30.2 Å². The van der Waals surface area contributed by atoms with Crippen molar-refractivity contribution in [3.05, 3.63) is 35.3 Å². The Morgan fingerprint density at radius 2 is 2.15 bits per heavy atom. The van der Waals surface area contributed by atoms with E-state index in [2.05, 4.69) is 15.0 Å². The SMILES string of the molecule is FC(F)Oc1ccccc1-c1nc(CNC2CC2)cs1. The second-order valence-corrected chi connectivity index (χ2v) is 5.53. The van der Waals surface area contributed by atoms with Gasteiger partial charge in [0.2, 0.25) is 0 Å². The molecule has 1 saturated carbocycles. The minimum atomic E-state index is -2.83. The highest BCUT2D eigenvalue weighted by atomic mass is 32.1. The summed E-state index contributed by atoms with van der Waals surface area (Å²) in [6, 6.07) is 7.36. The average Bonchev–Trinajstić information content (AvgIpc) is 3.14. The maximum absolute atomic E-state index is 12.4. The molecule has 0 spiro atoms. The Balaban J connectivity index is 1.77. The number of ether oxygens (including phenoxy) is 1. The summed E-state index contributed by atoms with van der Waals surface area (Å²) in [5, 5.41) is 6.03. The van der Waals surface area contributed by atoms with Crippen molar-refractivity contribution in [1.29, 1.82) is 0 Å². The lowest BCUT2D eigenvalue weighted by atomic mass is 10.2. The lowest BCUT2D eigenvalue weighted by molar-refractivity contribution is -0.0494. The quantitative estimate of drug-likeness (QED) is 0.883. The van der Waals surface area contributed by atoms with E-state index < -0.39 is 6.61 Å². The van der Waals surface area contributed by atoms with Crippen LogP contribution >= 0.6 is 11.3 Å². The number of hydrogen-bond donors (Lipinski definition) is 1. The summed E-state index contributed by atoms with van der Waals surface area (Å²) in [7, 11) is 0. The van der Waals surface area contributed by atoms with Crippen LogP contribution in [-0.4, -0.2) is 17.6 Å². The molecular formula is C14H14F2N2OS. The molecule has 6 heteroatoms. The number of alkyl halides is 2. The van der Waals surface area contributed by atoms with Gasteiger partial charge in [-0.2, -0.15) is 8.78 Å². The summed E-state index contributed by atoms with van der Waals surface area (Å²) in [4.78, 5) is 4.48. The zero-order valence-electron chi connectivity index (χ0n) is 10.7. The monoisotopic (exact) mass is 296 g/mol. The van der Waals surface area contributed by atoms with Crippen LogP contribution in [-0.2, 0) is 6.54 Å². The molecular weight excluding hydrogens is 282 g/mol. The number of hydrogen-bond acceptors (Lipinski definition) is 4. The van der Waals surface area contributed by atoms with E-state index in [1.807, 2.05) is 5.38 Å². The van der Waals surface area contributed by atoms with Crippen LogP contribution in [0, 0.1) is 0 Å². The highest BCUT2D eigenvalue weighted by molar-refractivity contribution is 7.13. The Morgan fingerprint density at radius 3 is 2.90 bits per heavy atom. The van der Waals surface area contributed by atoms with E-state index in [4.69, 9.17) is 0 Å². The van der Waals surface area contributed by atoms with Gasteiger partial charge in [-0.05, 0) is 25.0 Å². The van der Waals surface area contributed by atoms with Crippen LogP contribution in [0.2, 0.25) is 0 Å². The second-order valence-electron chi connectivity index (χ2n) is 4.67. The van der Waals surface area contributed by atoms with Crippen LogP contribution in [0.4, 0.5) is 8.78 Å². The third-order valence-corrected chi connectivity index (χ3v) is 3.96. The molecule has 1 aromatic heterocycles. The van der Waals surface area contributed by atoms with Crippen LogP contribution in [0.5, 0.6) is 5.75 Å². The number of aromatic nitrogens is 1. The Bertz CT molecular complexity index is 584. The Hall–Kier alpha value is -1.53. The van der Waals surface area contributed by atoms with Crippen molar-refractivity contribution in [3.8, 4) is 16.3 Å². The van der Waals surface area contributed by atoms with Gasteiger partial charge in [0.25, 0.3) is 0 Å². The molecule has 3 nitrogen and oxygen atoms in total. The maximum Gasteiger partial charge on any atom is 0.387 e. The first kappa shape index (κ1) is 13.5. The van der Waals surface area contributed by atoms with Gasteiger partial charge in [-0.3, -0.25) is 0 Å². The van der Waals surface area contributed by atoms with Gasteiger partial charge in [0.1, 0.15) is 10.8 Å². The molecule has 20 heavy (non-hydrogen) atoms. The van der Waals surface area contributed by atoms with Gasteiger partial charge in [0.05, 0.1) is 11.3 Å². The molecule has 0 bridgehead atoms. The minimum Gasteiger partial charge on any atom is -0.434 e. The van der Waals surface area contributed by atoms with E-state index in [0.717, 1.165) is 12.2 Å². The molecule has 106 valence electrons. The highest BCUT2D eigenvalue weighted by Gasteiger charge is 2.20. The fourth-order valence-corrected chi connectivity index (χ4v) is 2.74. The molecule has 1 aromatic carbocycles. The molecule has 1 N–H and O–H groups in total. The average molecular weight is 296 g/mol. The van der Waals surface area contributed by atoms with Crippen molar-refractivity contribution in [2.45, 2.75) is 32.0 Å². The first-order chi connectivity index (χ1) is 9.72. The molecule has 0 saturated heterocycles. The summed E-state index contributed by atoms with van der Waals surface area (Å²) >= 11 is 1.44. The molecule has 2 aromatic rings. The lowest BCUT2D eigenvalue weighted by Crippen LogP contribution is -2.15. The highest BCUT2D eigenvalue weighted by Crippen LogP contribution is 2.33. The fourth-order valence-electron chi connectivity index (χ4n) is 1.89. The predicted octanol–water partition coefficient (Wildman–Crippen LogP) is 3.66. The molecule has 3 rings (SSSR count). The number of rotatable bonds is 6. The molecule has 0 unspecified atom stereocenters. The van der Waals surface area contributed by atoms with Gasteiger partial charge in [-0.1, -0.05) is 12.1 Å². The van der Waals surface area contributed by atoms with Crippen molar-refractivity contribution in [3.63, 3.8) is 0 Å². The van der Waals surface area contributed by atoms with Crippen LogP contribution in [0.25, 0.3) is 10.6 Å². The van der Waals surface area contributed by atoms with Crippen molar-refractivity contribution < 1.29 is 13.5 Å². The van der Waals surface area contributed by atoms with E-state index in [9.17, 15) is 8.78 Å². The van der Waals surface area contributed by atoms with Crippen molar-refractivity contribution in [2.75, 3.05) is 0 Å². The van der Waals surface area contributed by atoms with E-state index in [1.54, 1.807) is 18.2 Å². The number of thiazole rings is 1. The van der Waals surface area contributed by atoms with Crippen LogP contribution in [0.1, 0.15) is 18.5 Å². The smallest absolute Gasteiger partial charge is 0.387 e. The van der Waals surface area contributed by atoms with Gasteiger partial charge in [0.15, 0.2) is 0 Å². The zero-order valence-corrected chi connectivity index (χ0v) is 11.5. The molecule has 1 aliphatic carbocycles. The number of para-hydroxylation sites is 1. The Morgan fingerprint density at radius 1 is 1.35 bits per heavy atom. The second kappa shape index (κ2) is 5.85. The number of halogens is 2. The summed E-state index contributed by atoms with van der Waals surface area (Å²) in [5.74, 6) is 0.165. The lowest BCUT2D eigenvalue weighted by Gasteiger charge is -2.08. The molecule has 0 aliphatic heterocycles. The summed E-state index contributed by atoms with van der Waals surface area (Å²) < 4.78 is 29.3. The van der Waals surface area contributed by atoms with Crippen molar-refractivity contribution >= 4 is 11.3 Å². The first-order valence-electron chi connectivity index (χ1n) is 6.44. The normalized spacial score (nSPS) is 14.8. The Labute approximate surface area is 119 Å². The molecule has 1 aliphatic rings. The van der Waals surface area contributed by atoms with Crippen LogP contribution < -0.4 is 10.1 Å². The largest absolute Gasteiger partial charge is 0.434 e. The third-order valence-electron chi connectivity index (χ3n) is 3.03. The van der Waals surface area contributed by atoms with Gasteiger partial charge in [0, 0.05) is 18.0 Å². The molecule has 1 fully saturated rings. The van der Waals surface area contributed by atoms with Crippen molar-refractivity contribution in [1.82, 2.24) is 10.3 Å². The van der Waals surface area contributed by atoms with E-state index in [0.29, 0.717) is 16.6 Å². The summed E-state index contributed by atoms with van der Waals surface area (Å²) in [6.45, 7) is -2.11.